The van der Waals surface area contributed by atoms with Crippen LogP contribution < -0.4 is 5.73 Å². The van der Waals surface area contributed by atoms with Gasteiger partial charge < -0.3 is 15.7 Å². The van der Waals surface area contributed by atoms with Crippen LogP contribution in [0.25, 0.3) is 22.3 Å². The average Bonchev–Trinajstić information content (AvgIpc) is 2.94. The Morgan fingerprint density at radius 3 is 2.89 bits per heavy atom. The highest BCUT2D eigenvalue weighted by atomic mass is 127. The fourth-order valence-corrected chi connectivity index (χ4v) is 3.80. The van der Waals surface area contributed by atoms with Gasteiger partial charge in [-0.2, -0.15) is 0 Å². The highest BCUT2D eigenvalue weighted by Crippen LogP contribution is 2.26. The molecule has 1 aliphatic rings. The van der Waals surface area contributed by atoms with Crippen LogP contribution >= 0.6 is 22.6 Å². The predicted molar refractivity (Wildman–Crippen MR) is 114 cm³/mol. The Morgan fingerprint density at radius 2 is 2.14 bits per heavy atom. The first kappa shape index (κ1) is 18.6. The quantitative estimate of drug-likeness (QED) is 0.403. The number of amides is 1. The van der Waals surface area contributed by atoms with E-state index in [4.69, 9.17) is 5.73 Å². The van der Waals surface area contributed by atoms with Gasteiger partial charge in [-0.15, -0.1) is 0 Å². The molecule has 1 aromatic carbocycles. The van der Waals surface area contributed by atoms with Crippen molar-refractivity contribution in [3.63, 3.8) is 0 Å². The third kappa shape index (κ3) is 3.27. The Morgan fingerprint density at radius 1 is 1.32 bits per heavy atom. The van der Waals surface area contributed by atoms with Gasteiger partial charge in [0.1, 0.15) is 5.82 Å². The van der Waals surface area contributed by atoms with E-state index in [-0.39, 0.29) is 5.91 Å². The van der Waals surface area contributed by atoms with Gasteiger partial charge in [-0.3, -0.25) is 9.78 Å². The molecule has 28 heavy (non-hydrogen) atoms. The molecule has 0 saturated carbocycles. The zero-order valence-corrected chi connectivity index (χ0v) is 17.1. The number of rotatable bonds is 1. The van der Waals surface area contributed by atoms with Crippen molar-refractivity contribution in [2.45, 2.75) is 12.0 Å². The lowest BCUT2D eigenvalue weighted by Gasteiger charge is -2.13. The predicted octanol–water partition coefficient (Wildman–Crippen LogP) is 1.82. The van der Waals surface area contributed by atoms with E-state index >= 15 is 0 Å². The standard InChI is InChI=1S/C20H16IN5O2/c1-26-8-7-20(28,19(26)27)6-5-12-3-2-4-13(9-12)18-24-15-11-23-10-14(21)16(15)17(22)25-18/h2-4,9-11,28H,7-8H2,1H3,(H2,22,24,25)/t20-/m0/s1. The van der Waals surface area contributed by atoms with Crippen LogP contribution in [0.3, 0.4) is 0 Å². The highest BCUT2D eigenvalue weighted by molar-refractivity contribution is 14.1. The van der Waals surface area contributed by atoms with Gasteiger partial charge in [0, 0.05) is 40.9 Å². The molecule has 1 aliphatic heterocycles. The molecule has 0 radical (unpaired) electrons. The maximum atomic E-state index is 12.1. The monoisotopic (exact) mass is 485 g/mol. The van der Waals surface area contributed by atoms with Crippen molar-refractivity contribution in [3.05, 3.63) is 45.8 Å². The van der Waals surface area contributed by atoms with Crippen molar-refractivity contribution < 1.29 is 9.90 Å². The summed E-state index contributed by atoms with van der Waals surface area (Å²) in [6.45, 7) is 0.487. The second-order valence-electron chi connectivity index (χ2n) is 6.62. The van der Waals surface area contributed by atoms with Crippen molar-refractivity contribution in [2.24, 2.45) is 0 Å². The maximum Gasteiger partial charge on any atom is 0.267 e. The summed E-state index contributed by atoms with van der Waals surface area (Å²) < 4.78 is 0.887. The van der Waals surface area contributed by atoms with Crippen molar-refractivity contribution in [2.75, 3.05) is 19.3 Å². The fraction of sp³-hybridized carbons (Fsp3) is 0.200. The van der Waals surface area contributed by atoms with Gasteiger partial charge >= 0.3 is 0 Å². The number of likely N-dealkylation sites (tertiary alicyclic amines) is 1. The Labute approximate surface area is 175 Å². The molecule has 4 rings (SSSR count). The molecular formula is C20H16IN5O2. The number of benzene rings is 1. The molecular weight excluding hydrogens is 469 g/mol. The Balaban J connectivity index is 1.72. The minimum Gasteiger partial charge on any atom is -0.383 e. The van der Waals surface area contributed by atoms with Gasteiger partial charge in [0.2, 0.25) is 5.60 Å². The molecule has 8 heteroatoms. The van der Waals surface area contributed by atoms with Gasteiger partial charge in [-0.1, -0.05) is 24.0 Å². The van der Waals surface area contributed by atoms with Crippen molar-refractivity contribution in [3.8, 4) is 23.2 Å². The van der Waals surface area contributed by atoms with Crippen LogP contribution in [0, 0.1) is 15.4 Å². The third-order valence-electron chi connectivity index (χ3n) is 4.63. The zero-order valence-electron chi connectivity index (χ0n) is 15.0. The number of hydrogen-bond donors (Lipinski definition) is 2. The SMILES string of the molecule is CN1CC[C@@](O)(C#Cc2cccc(-c3nc(N)c4c(I)cncc4n3)c2)C1=O. The largest absolute Gasteiger partial charge is 0.383 e. The van der Waals surface area contributed by atoms with Crippen LogP contribution in [0.15, 0.2) is 36.7 Å². The topological polar surface area (TPSA) is 105 Å². The Hall–Kier alpha value is -2.77. The smallest absolute Gasteiger partial charge is 0.267 e. The lowest BCUT2D eigenvalue weighted by atomic mass is 10.0. The number of anilines is 1. The molecule has 7 nitrogen and oxygen atoms in total. The van der Waals surface area contributed by atoms with Crippen LogP contribution in [0.2, 0.25) is 0 Å². The van der Waals surface area contributed by atoms with Crippen LogP contribution in [-0.2, 0) is 4.79 Å². The Kier molecular flexibility index (Phi) is 4.64. The number of pyridine rings is 1. The molecule has 1 saturated heterocycles. The molecule has 0 bridgehead atoms. The molecule has 140 valence electrons. The van der Waals surface area contributed by atoms with Crippen LogP contribution in [-0.4, -0.2) is 50.1 Å². The van der Waals surface area contributed by atoms with Crippen molar-refractivity contribution in [1.82, 2.24) is 19.9 Å². The number of carbonyl (C=O) groups excluding carboxylic acids is 1. The minimum atomic E-state index is -1.63. The lowest BCUT2D eigenvalue weighted by Crippen LogP contribution is -2.37. The summed E-state index contributed by atoms with van der Waals surface area (Å²) in [6.07, 6.45) is 3.66. The van der Waals surface area contributed by atoms with E-state index in [1.54, 1.807) is 31.6 Å². The number of nitrogens with zero attached hydrogens (tertiary/aromatic N) is 4. The van der Waals surface area contributed by atoms with E-state index in [2.05, 4.69) is 49.4 Å². The number of hydrogen-bond acceptors (Lipinski definition) is 6. The Bertz CT molecular complexity index is 1170. The molecule has 1 atom stereocenters. The first-order valence-electron chi connectivity index (χ1n) is 8.56. The molecule has 0 unspecified atom stereocenters. The van der Waals surface area contributed by atoms with Gasteiger partial charge in [0.25, 0.3) is 5.91 Å². The zero-order chi connectivity index (χ0) is 19.9. The molecule has 0 aliphatic carbocycles. The fourth-order valence-electron chi connectivity index (χ4n) is 3.08. The van der Waals surface area contributed by atoms with E-state index in [0.29, 0.717) is 35.7 Å². The number of nitrogen functional groups attached to an aromatic ring is 1. The molecule has 3 aromatic rings. The number of fused-ring (bicyclic) bond motifs is 1. The number of nitrogens with two attached hydrogens (primary N) is 1. The average molecular weight is 485 g/mol. The second kappa shape index (κ2) is 7.00. The molecule has 2 aromatic heterocycles. The van der Waals surface area contributed by atoms with Gasteiger partial charge in [0.05, 0.1) is 17.1 Å². The molecule has 3 heterocycles. The molecule has 0 spiro atoms. The van der Waals surface area contributed by atoms with Crippen LogP contribution in [0.1, 0.15) is 12.0 Å². The lowest BCUT2D eigenvalue weighted by molar-refractivity contribution is -0.137. The number of carbonyl (C=O) groups is 1. The normalized spacial score (nSPS) is 19.0. The number of halogens is 1. The summed E-state index contributed by atoms with van der Waals surface area (Å²) in [4.78, 5) is 26.7. The van der Waals surface area contributed by atoms with E-state index in [0.717, 1.165) is 14.5 Å². The molecule has 1 fully saturated rings. The molecule has 1 amide bonds. The van der Waals surface area contributed by atoms with Gasteiger partial charge in [0.15, 0.2) is 5.82 Å². The summed E-state index contributed by atoms with van der Waals surface area (Å²) in [5.41, 5.74) is 6.56. The van der Waals surface area contributed by atoms with Crippen molar-refractivity contribution >= 4 is 45.2 Å². The summed E-state index contributed by atoms with van der Waals surface area (Å²) in [5, 5.41) is 11.2. The van der Waals surface area contributed by atoms with Crippen LogP contribution in [0.5, 0.6) is 0 Å². The first-order chi connectivity index (χ1) is 13.4. The molecule has 3 N–H and O–H groups in total. The first-order valence-corrected chi connectivity index (χ1v) is 9.63. The van der Waals surface area contributed by atoms with E-state index in [1.807, 2.05) is 12.1 Å². The van der Waals surface area contributed by atoms with Gasteiger partial charge in [-0.05, 0) is 34.7 Å². The summed E-state index contributed by atoms with van der Waals surface area (Å²) in [6, 6.07) is 7.29. The highest BCUT2D eigenvalue weighted by Gasteiger charge is 2.42. The minimum absolute atomic E-state index is 0.297. The van der Waals surface area contributed by atoms with E-state index in [9.17, 15) is 9.90 Å². The maximum absolute atomic E-state index is 12.1. The second-order valence-corrected chi connectivity index (χ2v) is 7.78. The third-order valence-corrected chi connectivity index (χ3v) is 5.45. The number of likely N-dealkylation sites (N-methyl/N-ethyl adjacent to an activating group) is 1. The summed E-state index contributed by atoms with van der Waals surface area (Å²) in [7, 11) is 1.65. The summed E-state index contributed by atoms with van der Waals surface area (Å²) in [5.74, 6) is 6.10. The number of aromatic nitrogens is 3. The van der Waals surface area contributed by atoms with Crippen molar-refractivity contribution in [1.29, 1.82) is 0 Å². The van der Waals surface area contributed by atoms with E-state index in [1.165, 1.54) is 4.90 Å². The van der Waals surface area contributed by atoms with Gasteiger partial charge in [-0.25, -0.2) is 9.97 Å². The number of aliphatic hydroxyl groups is 1. The van der Waals surface area contributed by atoms with Crippen LogP contribution in [0.4, 0.5) is 5.82 Å². The van der Waals surface area contributed by atoms with E-state index < -0.39 is 5.60 Å². The summed E-state index contributed by atoms with van der Waals surface area (Å²) >= 11 is 2.15.